The first-order valence-corrected chi connectivity index (χ1v) is 8.17. The Hall–Kier alpha value is -3.36. The summed E-state index contributed by atoms with van der Waals surface area (Å²) in [7, 11) is 0. The van der Waals surface area contributed by atoms with Crippen molar-refractivity contribution in [3.05, 3.63) is 59.4 Å². The number of amides is 2. The van der Waals surface area contributed by atoms with E-state index in [1.807, 2.05) is 0 Å². The number of carbonyl (C=O) groups is 3. The molecule has 0 spiro atoms. The zero-order valence-electron chi connectivity index (χ0n) is 14.8. The highest BCUT2D eigenvalue weighted by Crippen LogP contribution is 2.08. The number of halogens is 1. The van der Waals surface area contributed by atoms with Crippen molar-refractivity contribution in [3.63, 3.8) is 0 Å². The van der Waals surface area contributed by atoms with Gasteiger partial charge in [0.05, 0.1) is 5.92 Å². The molecule has 3 N–H and O–H groups in total. The second-order valence-corrected chi connectivity index (χ2v) is 5.95. The van der Waals surface area contributed by atoms with E-state index in [0.717, 1.165) is 0 Å². The summed E-state index contributed by atoms with van der Waals surface area (Å²) in [6.45, 7) is 3.12. The molecular formula is C18H19FN4O4. The molecule has 1 heterocycles. The third-order valence-electron chi connectivity index (χ3n) is 3.99. The maximum atomic E-state index is 12.9. The maximum absolute atomic E-state index is 12.9. The normalized spacial score (nSPS) is 12.7. The number of rotatable bonds is 7. The fourth-order valence-corrected chi connectivity index (χ4v) is 2.15. The molecule has 8 nitrogen and oxygen atoms in total. The van der Waals surface area contributed by atoms with Crippen molar-refractivity contribution < 1.29 is 23.9 Å². The fourth-order valence-electron chi connectivity index (χ4n) is 2.15. The molecule has 0 bridgehead atoms. The fraction of sp³-hybridized carbons (Fsp3) is 0.278. The van der Waals surface area contributed by atoms with Gasteiger partial charge in [0.25, 0.3) is 11.8 Å². The van der Waals surface area contributed by atoms with Crippen LogP contribution in [0.2, 0.25) is 0 Å². The van der Waals surface area contributed by atoms with E-state index in [2.05, 4.69) is 20.6 Å². The van der Waals surface area contributed by atoms with Crippen molar-refractivity contribution in [1.82, 2.24) is 20.6 Å². The number of hydrogen-bond acceptors (Lipinski definition) is 5. The molecule has 0 aliphatic rings. The van der Waals surface area contributed by atoms with Crippen molar-refractivity contribution in [2.45, 2.75) is 26.4 Å². The summed E-state index contributed by atoms with van der Waals surface area (Å²) >= 11 is 0. The second kappa shape index (κ2) is 8.84. The summed E-state index contributed by atoms with van der Waals surface area (Å²) in [5.41, 5.74) is 0.273. The van der Waals surface area contributed by atoms with Gasteiger partial charge in [-0.2, -0.15) is 0 Å². The van der Waals surface area contributed by atoms with Crippen molar-refractivity contribution in [3.8, 4) is 0 Å². The van der Waals surface area contributed by atoms with Crippen LogP contribution in [0.25, 0.3) is 0 Å². The van der Waals surface area contributed by atoms with E-state index in [0.29, 0.717) is 5.56 Å². The van der Waals surface area contributed by atoms with Crippen LogP contribution in [0.1, 0.15) is 40.4 Å². The number of aromatic nitrogens is 2. The Morgan fingerprint density at radius 3 is 2.15 bits per heavy atom. The Labute approximate surface area is 154 Å². The molecule has 0 aliphatic heterocycles. The predicted molar refractivity (Wildman–Crippen MR) is 93.3 cm³/mol. The number of carbonyl (C=O) groups excluding carboxylic acids is 2. The summed E-state index contributed by atoms with van der Waals surface area (Å²) in [5, 5.41) is 14.1. The summed E-state index contributed by atoms with van der Waals surface area (Å²) < 4.78 is 12.9. The number of nitrogens with zero attached hydrogens (tertiary/aromatic N) is 2. The molecule has 0 aliphatic carbocycles. The van der Waals surface area contributed by atoms with Gasteiger partial charge < -0.3 is 15.7 Å². The number of aliphatic carboxylic acids is 1. The number of hydrogen-bond donors (Lipinski definition) is 3. The van der Waals surface area contributed by atoms with Crippen molar-refractivity contribution in [2.75, 3.05) is 0 Å². The summed E-state index contributed by atoms with van der Waals surface area (Å²) in [5.74, 6) is -3.59. The SMILES string of the molecule is CC(NC(=O)c1nccnc1C(=O)NCc1ccc(F)cc1)C(C)C(=O)O. The van der Waals surface area contributed by atoms with Gasteiger partial charge >= 0.3 is 5.97 Å². The Kier molecular flexibility index (Phi) is 6.53. The van der Waals surface area contributed by atoms with E-state index < -0.39 is 29.7 Å². The number of benzene rings is 1. The Balaban J connectivity index is 2.09. The van der Waals surface area contributed by atoms with Crippen LogP contribution in [0, 0.1) is 11.7 Å². The van der Waals surface area contributed by atoms with Gasteiger partial charge in [-0.25, -0.2) is 14.4 Å². The molecule has 0 radical (unpaired) electrons. The average molecular weight is 374 g/mol. The highest BCUT2D eigenvalue weighted by atomic mass is 19.1. The minimum atomic E-state index is -1.06. The molecule has 0 saturated heterocycles. The summed E-state index contributed by atoms with van der Waals surface area (Å²) in [4.78, 5) is 43.6. The van der Waals surface area contributed by atoms with Crippen LogP contribution < -0.4 is 10.6 Å². The van der Waals surface area contributed by atoms with Crippen LogP contribution in [0.4, 0.5) is 4.39 Å². The van der Waals surface area contributed by atoms with Crippen molar-refractivity contribution in [1.29, 1.82) is 0 Å². The molecule has 27 heavy (non-hydrogen) atoms. The highest BCUT2D eigenvalue weighted by molar-refractivity contribution is 6.04. The monoisotopic (exact) mass is 374 g/mol. The zero-order chi connectivity index (χ0) is 20.0. The second-order valence-electron chi connectivity index (χ2n) is 5.95. The van der Waals surface area contributed by atoms with E-state index >= 15 is 0 Å². The van der Waals surface area contributed by atoms with Gasteiger partial charge in [0.1, 0.15) is 5.82 Å². The lowest BCUT2D eigenvalue weighted by Crippen LogP contribution is -2.41. The van der Waals surface area contributed by atoms with Crippen molar-refractivity contribution in [2.24, 2.45) is 5.92 Å². The van der Waals surface area contributed by atoms with Crippen LogP contribution in [0.15, 0.2) is 36.7 Å². The molecule has 2 rings (SSSR count). The highest BCUT2D eigenvalue weighted by Gasteiger charge is 2.25. The summed E-state index contributed by atoms with van der Waals surface area (Å²) in [6.07, 6.45) is 2.53. The zero-order valence-corrected chi connectivity index (χ0v) is 14.8. The van der Waals surface area contributed by atoms with Crippen LogP contribution in [-0.2, 0) is 11.3 Å². The minimum absolute atomic E-state index is 0.114. The van der Waals surface area contributed by atoms with E-state index in [-0.39, 0.29) is 23.7 Å². The molecule has 2 unspecified atom stereocenters. The first-order chi connectivity index (χ1) is 12.8. The predicted octanol–water partition coefficient (Wildman–Crippen LogP) is 1.38. The van der Waals surface area contributed by atoms with Crippen LogP contribution in [0.3, 0.4) is 0 Å². The Morgan fingerprint density at radius 1 is 1.04 bits per heavy atom. The van der Waals surface area contributed by atoms with Gasteiger partial charge in [-0.3, -0.25) is 14.4 Å². The third kappa shape index (κ3) is 5.30. The number of carboxylic acids is 1. The van der Waals surface area contributed by atoms with Gasteiger partial charge in [0.15, 0.2) is 11.4 Å². The van der Waals surface area contributed by atoms with Gasteiger partial charge in [-0.15, -0.1) is 0 Å². The molecular weight excluding hydrogens is 355 g/mol. The van der Waals surface area contributed by atoms with Crippen LogP contribution in [0.5, 0.6) is 0 Å². The van der Waals surface area contributed by atoms with E-state index in [4.69, 9.17) is 5.11 Å². The quantitative estimate of drug-likeness (QED) is 0.673. The van der Waals surface area contributed by atoms with E-state index in [1.54, 1.807) is 6.92 Å². The van der Waals surface area contributed by atoms with E-state index in [9.17, 15) is 18.8 Å². The number of nitrogens with one attached hydrogen (secondary N) is 2. The van der Waals surface area contributed by atoms with Crippen molar-refractivity contribution >= 4 is 17.8 Å². The Morgan fingerprint density at radius 2 is 1.59 bits per heavy atom. The standard InChI is InChI=1S/C18H19FN4O4/c1-10(18(26)27)11(2)23-17(25)15-14(20-7-8-21-15)16(24)22-9-12-3-5-13(19)6-4-12/h3-8,10-11H,9H2,1-2H3,(H,22,24)(H,23,25)(H,26,27). The molecule has 2 atom stereocenters. The molecule has 2 aromatic rings. The lowest BCUT2D eigenvalue weighted by atomic mass is 10.0. The van der Waals surface area contributed by atoms with Gasteiger partial charge in [0.2, 0.25) is 0 Å². The Bertz CT molecular complexity index is 842. The molecule has 2 amide bonds. The average Bonchev–Trinajstić information content (AvgIpc) is 2.66. The first kappa shape index (κ1) is 20.0. The molecule has 1 aromatic heterocycles. The smallest absolute Gasteiger partial charge is 0.308 e. The van der Waals surface area contributed by atoms with Gasteiger partial charge in [-0.05, 0) is 31.5 Å². The van der Waals surface area contributed by atoms with Crippen LogP contribution >= 0.6 is 0 Å². The van der Waals surface area contributed by atoms with Gasteiger partial charge in [0, 0.05) is 25.0 Å². The maximum Gasteiger partial charge on any atom is 0.308 e. The molecule has 0 saturated carbocycles. The number of carboxylic acid groups (broad SMARTS) is 1. The van der Waals surface area contributed by atoms with E-state index in [1.165, 1.54) is 43.6 Å². The third-order valence-corrected chi connectivity index (χ3v) is 3.99. The molecule has 9 heteroatoms. The van der Waals surface area contributed by atoms with Crippen LogP contribution in [-0.4, -0.2) is 38.9 Å². The first-order valence-electron chi connectivity index (χ1n) is 8.17. The summed E-state index contributed by atoms with van der Waals surface area (Å²) in [6, 6.07) is 4.91. The molecule has 0 fully saturated rings. The minimum Gasteiger partial charge on any atom is -0.481 e. The topological polar surface area (TPSA) is 121 Å². The lowest BCUT2D eigenvalue weighted by Gasteiger charge is -2.18. The lowest BCUT2D eigenvalue weighted by molar-refractivity contribution is -0.141. The van der Waals surface area contributed by atoms with Gasteiger partial charge in [-0.1, -0.05) is 12.1 Å². The largest absolute Gasteiger partial charge is 0.481 e. The molecule has 1 aromatic carbocycles. The molecule has 142 valence electrons.